The maximum atomic E-state index is 12.7. The van der Waals surface area contributed by atoms with Gasteiger partial charge in [-0.2, -0.15) is 0 Å². The van der Waals surface area contributed by atoms with Gasteiger partial charge in [0, 0.05) is 11.6 Å². The number of amides is 2. The maximum Gasteiger partial charge on any atom is 0.262 e. The molecule has 0 bridgehead atoms. The Morgan fingerprint density at radius 2 is 1.73 bits per heavy atom. The van der Waals surface area contributed by atoms with Crippen LogP contribution in [0.15, 0.2) is 42.5 Å². The van der Waals surface area contributed by atoms with E-state index in [1.807, 2.05) is 0 Å². The molecular weight excluding hydrogens is 376 g/mol. The second-order valence-corrected chi connectivity index (χ2v) is 9.44. The van der Waals surface area contributed by atoms with Crippen molar-refractivity contribution in [3.63, 3.8) is 0 Å². The lowest BCUT2D eigenvalue weighted by atomic mass is 9.80. The van der Waals surface area contributed by atoms with E-state index < -0.39 is 0 Å². The molecule has 30 heavy (non-hydrogen) atoms. The number of fused-ring (bicyclic) bond motifs is 1. The molecule has 5 nitrogen and oxygen atoms in total. The van der Waals surface area contributed by atoms with Crippen LogP contribution >= 0.6 is 0 Å². The standard InChI is InChI=1S/C25H30N2O3/c1-25(2,3)19-9-4-16(5-10-19)17-6-11-20(12-7-17)26-24(29)18-8-13-21-22(14-18)30-15-23(28)27-21/h4-5,8-10,13-14,17,20H,6-7,11-12,15H2,1-3H3,(H,26,29)(H,27,28). The van der Waals surface area contributed by atoms with Crippen LogP contribution in [0.1, 0.15) is 73.9 Å². The van der Waals surface area contributed by atoms with Crippen molar-refractivity contribution in [2.75, 3.05) is 11.9 Å². The third kappa shape index (κ3) is 4.50. The van der Waals surface area contributed by atoms with Gasteiger partial charge in [0.25, 0.3) is 11.8 Å². The van der Waals surface area contributed by atoms with Gasteiger partial charge < -0.3 is 15.4 Å². The fourth-order valence-corrected chi connectivity index (χ4v) is 4.31. The largest absolute Gasteiger partial charge is 0.482 e. The minimum atomic E-state index is -0.176. The minimum Gasteiger partial charge on any atom is -0.482 e. The van der Waals surface area contributed by atoms with Gasteiger partial charge in [0.15, 0.2) is 6.61 Å². The van der Waals surface area contributed by atoms with Crippen LogP contribution in [0.25, 0.3) is 0 Å². The van der Waals surface area contributed by atoms with E-state index in [0.717, 1.165) is 25.7 Å². The Hall–Kier alpha value is -2.82. The average Bonchev–Trinajstić information content (AvgIpc) is 2.73. The maximum absolute atomic E-state index is 12.7. The van der Waals surface area contributed by atoms with Crippen molar-refractivity contribution in [2.24, 2.45) is 0 Å². The summed E-state index contributed by atoms with van der Waals surface area (Å²) in [6.07, 6.45) is 4.13. The third-order valence-electron chi connectivity index (χ3n) is 6.19. The molecule has 1 aliphatic carbocycles. The molecule has 5 heteroatoms. The first kappa shape index (κ1) is 20.5. The van der Waals surface area contributed by atoms with Gasteiger partial charge in [-0.15, -0.1) is 0 Å². The van der Waals surface area contributed by atoms with Crippen molar-refractivity contribution in [3.05, 3.63) is 59.2 Å². The van der Waals surface area contributed by atoms with Gasteiger partial charge >= 0.3 is 0 Å². The van der Waals surface area contributed by atoms with Crippen LogP contribution in [0, 0.1) is 0 Å². The molecule has 158 valence electrons. The van der Waals surface area contributed by atoms with E-state index in [9.17, 15) is 9.59 Å². The molecule has 0 saturated heterocycles. The summed E-state index contributed by atoms with van der Waals surface area (Å²) in [5, 5.41) is 5.91. The first-order valence-corrected chi connectivity index (χ1v) is 10.8. The van der Waals surface area contributed by atoms with Crippen molar-refractivity contribution >= 4 is 17.5 Å². The number of hydrogen-bond donors (Lipinski definition) is 2. The highest BCUT2D eigenvalue weighted by Gasteiger charge is 2.25. The normalized spacial score (nSPS) is 21.2. The van der Waals surface area contributed by atoms with Crippen molar-refractivity contribution < 1.29 is 14.3 Å². The number of rotatable bonds is 3. The number of nitrogens with one attached hydrogen (secondary N) is 2. The molecule has 2 aromatic carbocycles. The number of ether oxygens (including phenoxy) is 1. The minimum absolute atomic E-state index is 0.0151. The van der Waals surface area contributed by atoms with E-state index >= 15 is 0 Å². The van der Waals surface area contributed by atoms with Gasteiger partial charge in [-0.05, 0) is 66.3 Å². The van der Waals surface area contributed by atoms with Gasteiger partial charge in [0.2, 0.25) is 0 Å². The van der Waals surface area contributed by atoms with Crippen molar-refractivity contribution in [3.8, 4) is 5.75 Å². The molecule has 2 aromatic rings. The molecule has 0 unspecified atom stereocenters. The quantitative estimate of drug-likeness (QED) is 0.771. The molecule has 1 aliphatic heterocycles. The van der Waals surface area contributed by atoms with Gasteiger partial charge in [-0.1, -0.05) is 45.0 Å². The monoisotopic (exact) mass is 406 g/mol. The van der Waals surface area contributed by atoms with Crippen molar-refractivity contribution in [1.82, 2.24) is 5.32 Å². The Bertz CT molecular complexity index is 936. The SMILES string of the molecule is CC(C)(C)c1ccc(C2CCC(NC(=O)c3ccc4c(c3)OCC(=O)N4)CC2)cc1. The molecule has 0 spiro atoms. The zero-order valence-corrected chi connectivity index (χ0v) is 18.0. The van der Waals surface area contributed by atoms with Crippen molar-refractivity contribution in [1.29, 1.82) is 0 Å². The average molecular weight is 407 g/mol. The van der Waals surface area contributed by atoms with E-state index in [4.69, 9.17) is 4.74 Å². The Morgan fingerprint density at radius 3 is 2.40 bits per heavy atom. The highest BCUT2D eigenvalue weighted by molar-refractivity contribution is 5.99. The summed E-state index contributed by atoms with van der Waals surface area (Å²) in [6.45, 7) is 6.70. The molecule has 2 amide bonds. The molecule has 1 fully saturated rings. The van der Waals surface area contributed by atoms with Gasteiger partial charge in [-0.3, -0.25) is 9.59 Å². The fraction of sp³-hybridized carbons (Fsp3) is 0.440. The Labute approximate surface area is 178 Å². The smallest absolute Gasteiger partial charge is 0.262 e. The molecule has 1 heterocycles. The van der Waals surface area contributed by atoms with Crippen LogP contribution in [0.5, 0.6) is 5.75 Å². The van der Waals surface area contributed by atoms with Crippen LogP contribution in [-0.4, -0.2) is 24.5 Å². The molecule has 2 aliphatic rings. The van der Waals surface area contributed by atoms with E-state index in [1.165, 1.54) is 11.1 Å². The predicted molar refractivity (Wildman–Crippen MR) is 118 cm³/mol. The van der Waals surface area contributed by atoms with Gasteiger partial charge in [0.05, 0.1) is 5.69 Å². The third-order valence-corrected chi connectivity index (χ3v) is 6.19. The summed E-state index contributed by atoms with van der Waals surface area (Å²) >= 11 is 0. The van der Waals surface area contributed by atoms with Gasteiger partial charge in [0.1, 0.15) is 5.75 Å². The molecule has 4 rings (SSSR count). The molecule has 2 N–H and O–H groups in total. The number of carbonyl (C=O) groups is 2. The number of hydrogen-bond acceptors (Lipinski definition) is 3. The first-order valence-electron chi connectivity index (χ1n) is 10.8. The predicted octanol–water partition coefficient (Wildman–Crippen LogP) is 4.77. The highest BCUT2D eigenvalue weighted by Crippen LogP contribution is 2.34. The van der Waals surface area contributed by atoms with E-state index in [0.29, 0.717) is 22.9 Å². The summed E-state index contributed by atoms with van der Waals surface area (Å²) in [4.78, 5) is 24.1. The van der Waals surface area contributed by atoms with Crippen LogP contribution in [0.4, 0.5) is 5.69 Å². The Morgan fingerprint density at radius 1 is 1.03 bits per heavy atom. The van der Waals surface area contributed by atoms with E-state index in [2.05, 4.69) is 55.7 Å². The van der Waals surface area contributed by atoms with Gasteiger partial charge in [-0.25, -0.2) is 0 Å². The lowest BCUT2D eigenvalue weighted by Crippen LogP contribution is -2.37. The van der Waals surface area contributed by atoms with Crippen LogP contribution in [0.3, 0.4) is 0 Å². The Kier molecular flexibility index (Phi) is 5.54. The van der Waals surface area contributed by atoms with Crippen LogP contribution < -0.4 is 15.4 Å². The van der Waals surface area contributed by atoms with E-state index in [-0.39, 0.29) is 29.9 Å². The molecular formula is C25H30N2O3. The summed E-state index contributed by atoms with van der Waals surface area (Å²) in [7, 11) is 0. The zero-order valence-electron chi connectivity index (χ0n) is 18.0. The molecule has 0 radical (unpaired) electrons. The van der Waals surface area contributed by atoms with Crippen LogP contribution in [-0.2, 0) is 10.2 Å². The van der Waals surface area contributed by atoms with E-state index in [1.54, 1.807) is 18.2 Å². The fourth-order valence-electron chi connectivity index (χ4n) is 4.31. The first-order chi connectivity index (χ1) is 14.3. The summed E-state index contributed by atoms with van der Waals surface area (Å²) < 4.78 is 5.42. The second kappa shape index (κ2) is 8.13. The highest BCUT2D eigenvalue weighted by atomic mass is 16.5. The summed E-state index contributed by atoms with van der Waals surface area (Å²) in [5.41, 5.74) is 4.11. The van der Waals surface area contributed by atoms with Crippen molar-refractivity contribution in [2.45, 2.75) is 63.8 Å². The topological polar surface area (TPSA) is 67.4 Å². The number of benzene rings is 2. The molecule has 0 atom stereocenters. The summed E-state index contributed by atoms with van der Waals surface area (Å²) in [5.74, 6) is 0.846. The molecule has 0 aromatic heterocycles. The lowest BCUT2D eigenvalue weighted by molar-refractivity contribution is -0.118. The zero-order chi connectivity index (χ0) is 21.3. The number of anilines is 1. The van der Waals surface area contributed by atoms with Crippen LogP contribution in [0.2, 0.25) is 0 Å². The molecule has 1 saturated carbocycles. The second-order valence-electron chi connectivity index (χ2n) is 9.44. The lowest BCUT2D eigenvalue weighted by Gasteiger charge is -2.30. The number of carbonyl (C=O) groups excluding carboxylic acids is 2. The Balaban J connectivity index is 1.32. The summed E-state index contributed by atoms with van der Waals surface area (Å²) in [6, 6.07) is 14.4.